The van der Waals surface area contributed by atoms with Crippen molar-refractivity contribution in [1.82, 2.24) is 15.0 Å². The summed E-state index contributed by atoms with van der Waals surface area (Å²) in [7, 11) is 0. The molecule has 4 heterocycles. The first-order chi connectivity index (χ1) is 29.7. The maximum absolute atomic E-state index is 6.53. The lowest BCUT2D eigenvalue weighted by molar-refractivity contribution is 0.669. The molecule has 0 aliphatic carbocycles. The number of aromatic nitrogens is 3. The molecule has 0 spiro atoms. The Labute approximate surface area is 349 Å². The first kappa shape index (κ1) is 34.3. The van der Waals surface area contributed by atoms with Gasteiger partial charge in [-0.15, -0.1) is 11.3 Å². The summed E-state index contributed by atoms with van der Waals surface area (Å²) in [5, 5.41) is 5.85. The Morgan fingerprint density at radius 1 is 0.383 bits per heavy atom. The van der Waals surface area contributed by atoms with Crippen molar-refractivity contribution in [3.05, 3.63) is 200 Å². The lowest BCUT2D eigenvalue weighted by Gasteiger charge is -2.13. The number of rotatable bonds is 6. The topological polar surface area (TPSA) is 51.8 Å². The summed E-state index contributed by atoms with van der Waals surface area (Å²) in [5.74, 6) is 0.668. The highest BCUT2D eigenvalue weighted by molar-refractivity contribution is 7.26. The average Bonchev–Trinajstić information content (AvgIpc) is 3.91. The van der Waals surface area contributed by atoms with E-state index in [4.69, 9.17) is 19.4 Å². The molecule has 0 radical (unpaired) electrons. The molecular weight excluding hydrogens is 751 g/mol. The Balaban J connectivity index is 0.986. The lowest BCUT2D eigenvalue weighted by atomic mass is 9.96. The van der Waals surface area contributed by atoms with Crippen LogP contribution in [0.4, 0.5) is 0 Å². The number of fused-ring (bicyclic) bond motifs is 8. The van der Waals surface area contributed by atoms with E-state index < -0.39 is 0 Å². The Kier molecular flexibility index (Phi) is 8.00. The molecule has 0 unspecified atom stereocenters. The van der Waals surface area contributed by atoms with E-state index in [1.165, 1.54) is 25.7 Å². The molecule has 12 rings (SSSR count). The fourth-order valence-corrected chi connectivity index (χ4v) is 9.88. The number of thiophene rings is 1. The first-order valence-electron chi connectivity index (χ1n) is 20.1. The van der Waals surface area contributed by atoms with Gasteiger partial charge in [-0.3, -0.25) is 0 Å². The summed E-state index contributed by atoms with van der Waals surface area (Å²) in [5.41, 5.74) is 13.7. The van der Waals surface area contributed by atoms with Gasteiger partial charge < -0.3 is 4.42 Å². The highest BCUT2D eigenvalue weighted by Gasteiger charge is 2.19. The lowest BCUT2D eigenvalue weighted by Crippen LogP contribution is -1.97. The van der Waals surface area contributed by atoms with Crippen LogP contribution >= 0.6 is 11.3 Å². The van der Waals surface area contributed by atoms with E-state index >= 15 is 0 Å². The van der Waals surface area contributed by atoms with Crippen LogP contribution in [0.25, 0.3) is 120 Å². The van der Waals surface area contributed by atoms with Gasteiger partial charge in [0.25, 0.3) is 0 Å². The van der Waals surface area contributed by atoms with Crippen LogP contribution in [0.5, 0.6) is 0 Å². The van der Waals surface area contributed by atoms with Gasteiger partial charge in [-0.1, -0.05) is 176 Å². The van der Waals surface area contributed by atoms with E-state index in [2.05, 4.69) is 176 Å². The molecule has 8 aromatic carbocycles. The Hall–Kier alpha value is -7.73. The fraction of sp³-hybridized carbons (Fsp3) is 0. The molecule has 0 fully saturated rings. The van der Waals surface area contributed by atoms with Crippen LogP contribution in [-0.4, -0.2) is 15.0 Å². The predicted molar refractivity (Wildman–Crippen MR) is 250 cm³/mol. The van der Waals surface area contributed by atoms with Crippen molar-refractivity contribution in [3.63, 3.8) is 0 Å². The van der Waals surface area contributed by atoms with Crippen molar-refractivity contribution < 1.29 is 4.42 Å². The molecular formula is C55H33N3OS. The van der Waals surface area contributed by atoms with Crippen molar-refractivity contribution in [2.45, 2.75) is 0 Å². The number of benzene rings is 8. The molecule has 4 nitrogen and oxygen atoms in total. The quantitative estimate of drug-likeness (QED) is 0.169. The van der Waals surface area contributed by atoms with Gasteiger partial charge in [0, 0.05) is 58.6 Å². The smallest absolute Gasteiger partial charge is 0.162 e. The van der Waals surface area contributed by atoms with Crippen LogP contribution in [0.2, 0.25) is 0 Å². The molecule has 0 atom stereocenters. The maximum atomic E-state index is 6.53. The third kappa shape index (κ3) is 5.70. The molecule has 60 heavy (non-hydrogen) atoms. The van der Waals surface area contributed by atoms with Gasteiger partial charge in [0.05, 0.1) is 16.9 Å². The van der Waals surface area contributed by atoms with Crippen LogP contribution in [0, 0.1) is 0 Å². The largest absolute Gasteiger partial charge is 0.454 e. The van der Waals surface area contributed by atoms with Crippen molar-refractivity contribution in [2.24, 2.45) is 0 Å². The number of pyridine rings is 1. The molecule has 0 N–H and O–H groups in total. The number of furan rings is 1. The Bertz CT molecular complexity index is 3590. The Morgan fingerprint density at radius 3 is 1.83 bits per heavy atom. The molecule has 0 aliphatic rings. The second-order valence-electron chi connectivity index (χ2n) is 15.1. The average molecular weight is 784 g/mol. The minimum atomic E-state index is 0.668. The van der Waals surface area contributed by atoms with Crippen molar-refractivity contribution in [2.75, 3.05) is 0 Å². The van der Waals surface area contributed by atoms with Gasteiger partial charge in [0.2, 0.25) is 0 Å². The number of para-hydroxylation sites is 2. The van der Waals surface area contributed by atoms with Gasteiger partial charge in [0.1, 0.15) is 11.3 Å². The van der Waals surface area contributed by atoms with Crippen LogP contribution in [0.1, 0.15) is 0 Å². The molecule has 0 aliphatic heterocycles. The summed E-state index contributed by atoms with van der Waals surface area (Å²) >= 11 is 1.85. The molecule has 280 valence electrons. The summed E-state index contributed by atoms with van der Waals surface area (Å²) in [4.78, 5) is 15.7. The monoisotopic (exact) mass is 783 g/mol. The summed E-state index contributed by atoms with van der Waals surface area (Å²) in [6.45, 7) is 0. The summed E-state index contributed by atoms with van der Waals surface area (Å²) in [6.07, 6.45) is 0. The van der Waals surface area contributed by atoms with Crippen molar-refractivity contribution >= 4 is 64.4 Å². The number of hydrogen-bond donors (Lipinski definition) is 0. The second kappa shape index (κ2) is 14.0. The SMILES string of the molecule is c1ccc(-c2ccccc2-c2cc(-c3ccc(-c4nc5ccccc5c5c4oc4ccccc45)cc3)nc(-c3ccc(-c4cccc5c4sc4ccccc45)cc3)n2)cc1. The third-order valence-corrected chi connectivity index (χ3v) is 12.8. The number of nitrogens with zero attached hydrogens (tertiary/aromatic N) is 3. The van der Waals surface area contributed by atoms with E-state index in [-0.39, 0.29) is 0 Å². The zero-order valence-electron chi connectivity index (χ0n) is 32.2. The molecule has 12 aromatic rings. The van der Waals surface area contributed by atoms with E-state index in [0.717, 1.165) is 88.9 Å². The van der Waals surface area contributed by atoms with E-state index in [9.17, 15) is 0 Å². The van der Waals surface area contributed by atoms with Gasteiger partial charge in [-0.25, -0.2) is 15.0 Å². The van der Waals surface area contributed by atoms with Gasteiger partial charge in [-0.05, 0) is 46.5 Å². The predicted octanol–water partition coefficient (Wildman–Crippen LogP) is 15.3. The number of hydrogen-bond acceptors (Lipinski definition) is 5. The minimum Gasteiger partial charge on any atom is -0.454 e. The normalized spacial score (nSPS) is 11.7. The summed E-state index contributed by atoms with van der Waals surface area (Å²) < 4.78 is 9.13. The van der Waals surface area contributed by atoms with Crippen LogP contribution < -0.4 is 0 Å². The van der Waals surface area contributed by atoms with Crippen molar-refractivity contribution in [1.29, 1.82) is 0 Å². The molecule has 0 saturated heterocycles. The molecule has 4 aromatic heterocycles. The highest BCUT2D eigenvalue weighted by atomic mass is 32.1. The van der Waals surface area contributed by atoms with Crippen LogP contribution in [0.3, 0.4) is 0 Å². The fourth-order valence-electron chi connectivity index (χ4n) is 8.64. The van der Waals surface area contributed by atoms with Crippen molar-refractivity contribution in [3.8, 4) is 67.4 Å². The van der Waals surface area contributed by atoms with Gasteiger partial charge >= 0.3 is 0 Å². The van der Waals surface area contributed by atoms with Crippen LogP contribution in [0.15, 0.2) is 205 Å². The molecule has 0 bridgehead atoms. The zero-order chi connectivity index (χ0) is 39.6. The Morgan fingerprint density at radius 2 is 0.983 bits per heavy atom. The minimum absolute atomic E-state index is 0.668. The first-order valence-corrected chi connectivity index (χ1v) is 20.9. The third-order valence-electron chi connectivity index (χ3n) is 11.5. The van der Waals surface area contributed by atoms with Gasteiger partial charge in [0.15, 0.2) is 11.4 Å². The van der Waals surface area contributed by atoms with E-state index in [1.807, 2.05) is 35.6 Å². The molecule has 5 heteroatoms. The molecule has 0 amide bonds. The maximum Gasteiger partial charge on any atom is 0.162 e. The summed E-state index contributed by atoms with van der Waals surface area (Å²) in [6, 6.07) is 70.1. The van der Waals surface area contributed by atoms with E-state index in [1.54, 1.807) is 0 Å². The van der Waals surface area contributed by atoms with Gasteiger partial charge in [-0.2, -0.15) is 0 Å². The molecule has 0 saturated carbocycles. The zero-order valence-corrected chi connectivity index (χ0v) is 33.0. The second-order valence-corrected chi connectivity index (χ2v) is 16.1. The van der Waals surface area contributed by atoms with Crippen LogP contribution in [-0.2, 0) is 0 Å². The standard InChI is InChI=1S/C55H33N3OS/c1-2-13-34(14-3-1)39-15-4-5-16-41(39)48-33-47(57-55(58-48)38-31-25-35(26-32-38)40-20-12-21-43-42-17-8-11-24-50(42)60-54(40)43)36-27-29-37(30-28-36)52-53-51(44-18-6-9-22-46(44)56-52)45-19-7-10-23-49(45)59-53/h1-33H. The van der Waals surface area contributed by atoms with E-state index in [0.29, 0.717) is 5.82 Å². The highest BCUT2D eigenvalue weighted by Crippen LogP contribution is 2.42.